The van der Waals surface area contributed by atoms with Gasteiger partial charge in [-0.3, -0.25) is 4.79 Å². The van der Waals surface area contributed by atoms with E-state index in [1.54, 1.807) is 0 Å². The number of hydrogen-bond donors (Lipinski definition) is 3. The Hall–Kier alpha value is -0.650. The van der Waals surface area contributed by atoms with Crippen molar-refractivity contribution >= 4 is 5.97 Å². The first-order chi connectivity index (χ1) is 7.45. The molecule has 0 saturated carbocycles. The number of aliphatic hydroxyl groups excluding tert-OH is 2. The molecule has 0 aromatic rings. The van der Waals surface area contributed by atoms with Crippen LogP contribution in [-0.4, -0.2) is 47.2 Å². The summed E-state index contributed by atoms with van der Waals surface area (Å²) in [4.78, 5) is 9.60. The van der Waals surface area contributed by atoms with Crippen LogP contribution in [0.25, 0.3) is 0 Å². The van der Waals surface area contributed by atoms with E-state index in [-0.39, 0.29) is 6.61 Å². The Morgan fingerprint density at radius 1 is 1.25 bits per heavy atom. The zero-order valence-corrected chi connectivity index (χ0v) is 10.8. The molecule has 0 aromatic carbocycles. The van der Waals surface area contributed by atoms with Crippen LogP contribution >= 0.6 is 0 Å². The van der Waals surface area contributed by atoms with E-state index in [2.05, 4.69) is 0 Å². The Kier molecular flexibility index (Phi) is 25.7. The molecule has 0 radical (unpaired) electrons. The van der Waals surface area contributed by atoms with Gasteiger partial charge in [0.25, 0.3) is 0 Å². The number of carboxylic acid groups (broad SMARTS) is 1. The van der Waals surface area contributed by atoms with Gasteiger partial charge in [0.2, 0.25) is 0 Å². The van der Waals surface area contributed by atoms with Gasteiger partial charge >= 0.3 is 5.97 Å². The zero-order valence-electron chi connectivity index (χ0n) is 10.8. The number of carbonyl (C=O) groups is 1. The first kappa shape index (κ1) is 20.7. The smallest absolute Gasteiger partial charge is 0.303 e. The fourth-order valence-electron chi connectivity index (χ4n) is 0.418. The van der Waals surface area contributed by atoms with Crippen LogP contribution in [0.15, 0.2) is 0 Å². The Morgan fingerprint density at radius 2 is 1.62 bits per heavy atom. The minimum Gasteiger partial charge on any atom is -0.481 e. The summed E-state index contributed by atoms with van der Waals surface area (Å²) in [5.74, 6) is -0.711. The summed E-state index contributed by atoms with van der Waals surface area (Å²) in [6.07, 6.45) is 0.463. The summed E-state index contributed by atoms with van der Waals surface area (Å²) in [5, 5.41) is 23.9. The first-order valence-corrected chi connectivity index (χ1v) is 5.54. The van der Waals surface area contributed by atoms with Gasteiger partial charge in [-0.1, -0.05) is 6.92 Å². The van der Waals surface area contributed by atoms with Crippen molar-refractivity contribution in [1.82, 2.24) is 0 Å². The summed E-state index contributed by atoms with van der Waals surface area (Å²) in [6.45, 7) is 8.90. The lowest BCUT2D eigenvalue weighted by atomic mass is 10.4. The fraction of sp³-hybridized carbons (Fsp3) is 0.909. The van der Waals surface area contributed by atoms with Gasteiger partial charge in [-0.25, -0.2) is 0 Å². The maximum absolute atomic E-state index is 9.60. The maximum atomic E-state index is 9.60. The Labute approximate surface area is 98.1 Å². The van der Waals surface area contributed by atoms with Crippen molar-refractivity contribution in [2.75, 3.05) is 19.8 Å². The molecule has 16 heavy (non-hydrogen) atoms. The number of hydrogen-bond acceptors (Lipinski definition) is 4. The van der Waals surface area contributed by atoms with E-state index >= 15 is 0 Å². The fourth-order valence-corrected chi connectivity index (χ4v) is 0.418. The molecule has 0 fully saturated rings. The van der Waals surface area contributed by atoms with E-state index in [1.807, 2.05) is 20.8 Å². The topological polar surface area (TPSA) is 87.0 Å². The van der Waals surface area contributed by atoms with Crippen molar-refractivity contribution in [2.24, 2.45) is 0 Å². The highest BCUT2D eigenvalue weighted by atomic mass is 16.5. The highest BCUT2D eigenvalue weighted by molar-refractivity contribution is 5.66. The molecule has 0 saturated heterocycles. The number of aliphatic carboxylic acids is 1. The summed E-state index contributed by atoms with van der Waals surface area (Å²) < 4.78 is 4.83. The van der Waals surface area contributed by atoms with E-state index in [4.69, 9.17) is 20.1 Å². The molecule has 0 aliphatic carbocycles. The molecule has 5 heteroatoms. The lowest BCUT2D eigenvalue weighted by Gasteiger charge is -1.90. The van der Waals surface area contributed by atoms with E-state index < -0.39 is 12.1 Å². The molecule has 0 bridgehead atoms. The molecule has 3 N–H and O–H groups in total. The minimum atomic E-state index is -0.711. The van der Waals surface area contributed by atoms with Crippen molar-refractivity contribution < 1.29 is 24.9 Å². The molecule has 5 nitrogen and oxygen atoms in total. The number of aliphatic hydroxyl groups is 2. The Balaban J connectivity index is -0.000000160. The van der Waals surface area contributed by atoms with Crippen LogP contribution in [0.4, 0.5) is 0 Å². The monoisotopic (exact) mass is 238 g/mol. The highest BCUT2D eigenvalue weighted by Gasteiger charge is 1.87. The Bertz CT molecular complexity index is 124. The molecule has 0 spiro atoms. The Morgan fingerprint density at radius 3 is 1.62 bits per heavy atom. The van der Waals surface area contributed by atoms with Crippen molar-refractivity contribution in [3.8, 4) is 0 Å². The van der Waals surface area contributed by atoms with Crippen molar-refractivity contribution in [3.05, 3.63) is 0 Å². The summed E-state index contributed by atoms with van der Waals surface area (Å²) in [5.41, 5.74) is 0. The molecule has 0 amide bonds. The molecule has 0 aliphatic rings. The van der Waals surface area contributed by atoms with Crippen LogP contribution in [0.3, 0.4) is 0 Å². The minimum absolute atomic E-state index is 0.139. The summed E-state index contributed by atoms with van der Waals surface area (Å²) in [6, 6.07) is 0. The SMILES string of the molecule is CC(O)CO.CCCC(=O)O.CCOCC. The molecule has 0 heterocycles. The van der Waals surface area contributed by atoms with E-state index in [9.17, 15) is 4.79 Å². The molecule has 0 rings (SSSR count). The second kappa shape index (κ2) is 19.9. The van der Waals surface area contributed by atoms with Crippen molar-refractivity contribution in [1.29, 1.82) is 0 Å². The number of carboxylic acids is 1. The zero-order chi connectivity index (χ0) is 13.4. The normalized spacial score (nSPS) is 10.4. The lowest BCUT2D eigenvalue weighted by Crippen LogP contribution is -2.03. The summed E-state index contributed by atoms with van der Waals surface area (Å²) >= 11 is 0. The average Bonchev–Trinajstić information content (AvgIpc) is 2.20. The van der Waals surface area contributed by atoms with Gasteiger partial charge in [0.15, 0.2) is 0 Å². The molecular weight excluding hydrogens is 212 g/mol. The average molecular weight is 238 g/mol. The predicted octanol–water partition coefficient (Wildman–Crippen LogP) is 1.27. The second-order valence-corrected chi connectivity index (χ2v) is 2.96. The third kappa shape index (κ3) is 50.5. The predicted molar refractivity (Wildman–Crippen MR) is 63.5 cm³/mol. The highest BCUT2D eigenvalue weighted by Crippen LogP contribution is 1.82. The van der Waals surface area contributed by atoms with Gasteiger partial charge < -0.3 is 20.1 Å². The van der Waals surface area contributed by atoms with Gasteiger partial charge in [-0.15, -0.1) is 0 Å². The van der Waals surface area contributed by atoms with Crippen LogP contribution in [-0.2, 0) is 9.53 Å². The third-order valence-electron chi connectivity index (χ3n) is 1.14. The molecule has 0 aromatic heterocycles. The maximum Gasteiger partial charge on any atom is 0.303 e. The van der Waals surface area contributed by atoms with Crippen molar-refractivity contribution in [2.45, 2.75) is 46.6 Å². The molecule has 1 atom stereocenters. The van der Waals surface area contributed by atoms with E-state index in [0.29, 0.717) is 6.42 Å². The number of ether oxygens (including phenoxy) is 1. The third-order valence-corrected chi connectivity index (χ3v) is 1.14. The van der Waals surface area contributed by atoms with E-state index in [0.717, 1.165) is 19.6 Å². The van der Waals surface area contributed by atoms with Gasteiger partial charge in [0.05, 0.1) is 12.7 Å². The molecular formula is C11H26O5. The van der Waals surface area contributed by atoms with Gasteiger partial charge in [-0.2, -0.15) is 0 Å². The molecule has 1 unspecified atom stereocenters. The van der Waals surface area contributed by atoms with Crippen molar-refractivity contribution in [3.63, 3.8) is 0 Å². The van der Waals surface area contributed by atoms with Crippen LogP contribution in [0.2, 0.25) is 0 Å². The first-order valence-electron chi connectivity index (χ1n) is 5.54. The molecule has 100 valence electrons. The van der Waals surface area contributed by atoms with Gasteiger partial charge in [0, 0.05) is 19.6 Å². The van der Waals surface area contributed by atoms with Crippen LogP contribution < -0.4 is 0 Å². The van der Waals surface area contributed by atoms with Crippen LogP contribution in [0, 0.1) is 0 Å². The quantitative estimate of drug-likeness (QED) is 0.671. The standard InChI is InChI=1S/C4H8O2.C4H10O.C3H8O2/c1-2-3-4(5)6;1-3-5-4-2;1-3(5)2-4/h2-3H2,1H3,(H,5,6);3-4H2,1-2H3;3-5H,2H2,1H3. The summed E-state index contributed by atoms with van der Waals surface area (Å²) in [7, 11) is 0. The number of rotatable bonds is 5. The van der Waals surface area contributed by atoms with Gasteiger partial charge in [0.1, 0.15) is 0 Å². The van der Waals surface area contributed by atoms with Crippen LogP contribution in [0.5, 0.6) is 0 Å². The van der Waals surface area contributed by atoms with Crippen LogP contribution in [0.1, 0.15) is 40.5 Å². The van der Waals surface area contributed by atoms with Gasteiger partial charge in [-0.05, 0) is 27.2 Å². The lowest BCUT2D eigenvalue weighted by molar-refractivity contribution is -0.137. The van der Waals surface area contributed by atoms with E-state index in [1.165, 1.54) is 6.92 Å². The largest absolute Gasteiger partial charge is 0.481 e. The second-order valence-electron chi connectivity index (χ2n) is 2.96. The molecule has 0 aliphatic heterocycles.